The highest BCUT2D eigenvalue weighted by Gasteiger charge is 2.02. The second-order valence-corrected chi connectivity index (χ2v) is 3.94. The number of hydrogen-bond donors (Lipinski definition) is 3. The Morgan fingerprint density at radius 3 is 2.74 bits per heavy atom. The SMILES string of the molecule is COc1cccc(NC(=O)CNCCNC(C)=O)c1. The first-order valence-corrected chi connectivity index (χ1v) is 6.01. The molecule has 104 valence electrons. The van der Waals surface area contributed by atoms with Gasteiger partial charge >= 0.3 is 0 Å². The Kier molecular flexibility index (Phi) is 6.38. The summed E-state index contributed by atoms with van der Waals surface area (Å²) in [5.74, 6) is 0.468. The minimum absolute atomic E-state index is 0.0809. The Morgan fingerprint density at radius 2 is 2.05 bits per heavy atom. The molecular formula is C13H19N3O3. The van der Waals surface area contributed by atoms with E-state index in [4.69, 9.17) is 4.74 Å². The lowest BCUT2D eigenvalue weighted by atomic mass is 10.3. The molecule has 0 aliphatic carbocycles. The molecule has 0 saturated carbocycles. The van der Waals surface area contributed by atoms with Crippen LogP contribution in [-0.4, -0.2) is 38.6 Å². The summed E-state index contributed by atoms with van der Waals surface area (Å²) in [5.41, 5.74) is 0.688. The van der Waals surface area contributed by atoms with Crippen LogP contribution in [0, 0.1) is 0 Å². The number of rotatable bonds is 7. The Labute approximate surface area is 112 Å². The zero-order valence-electron chi connectivity index (χ0n) is 11.2. The first-order chi connectivity index (χ1) is 9.11. The summed E-state index contributed by atoms with van der Waals surface area (Å²) in [6, 6.07) is 7.15. The maximum absolute atomic E-state index is 11.6. The zero-order chi connectivity index (χ0) is 14.1. The highest BCUT2D eigenvalue weighted by atomic mass is 16.5. The molecule has 1 aromatic rings. The molecule has 0 aromatic heterocycles. The van der Waals surface area contributed by atoms with E-state index >= 15 is 0 Å². The fraction of sp³-hybridized carbons (Fsp3) is 0.385. The van der Waals surface area contributed by atoms with Crippen molar-refractivity contribution < 1.29 is 14.3 Å². The van der Waals surface area contributed by atoms with E-state index in [-0.39, 0.29) is 18.4 Å². The van der Waals surface area contributed by atoms with Gasteiger partial charge in [-0.3, -0.25) is 9.59 Å². The van der Waals surface area contributed by atoms with E-state index < -0.39 is 0 Å². The van der Waals surface area contributed by atoms with Gasteiger partial charge in [0.2, 0.25) is 11.8 Å². The van der Waals surface area contributed by atoms with Crippen molar-refractivity contribution in [3.8, 4) is 5.75 Å². The fourth-order valence-corrected chi connectivity index (χ4v) is 1.43. The Hall–Kier alpha value is -2.08. The predicted molar refractivity (Wildman–Crippen MR) is 73.2 cm³/mol. The number of methoxy groups -OCH3 is 1. The van der Waals surface area contributed by atoms with Crippen molar-refractivity contribution in [1.29, 1.82) is 0 Å². The van der Waals surface area contributed by atoms with Crippen molar-refractivity contribution in [3.63, 3.8) is 0 Å². The molecule has 0 unspecified atom stereocenters. The van der Waals surface area contributed by atoms with Crippen LogP contribution in [0.25, 0.3) is 0 Å². The highest BCUT2D eigenvalue weighted by Crippen LogP contribution is 2.16. The monoisotopic (exact) mass is 265 g/mol. The smallest absolute Gasteiger partial charge is 0.238 e. The van der Waals surface area contributed by atoms with Crippen LogP contribution in [-0.2, 0) is 9.59 Å². The van der Waals surface area contributed by atoms with E-state index in [1.807, 2.05) is 0 Å². The molecule has 0 heterocycles. The molecule has 0 saturated heterocycles. The van der Waals surface area contributed by atoms with Gasteiger partial charge in [-0.25, -0.2) is 0 Å². The third kappa shape index (κ3) is 6.42. The minimum Gasteiger partial charge on any atom is -0.497 e. The molecule has 1 rings (SSSR count). The summed E-state index contributed by atoms with van der Waals surface area (Å²) in [6.45, 7) is 2.69. The van der Waals surface area contributed by atoms with E-state index in [9.17, 15) is 9.59 Å². The molecule has 0 spiro atoms. The fourth-order valence-electron chi connectivity index (χ4n) is 1.43. The molecule has 6 nitrogen and oxygen atoms in total. The lowest BCUT2D eigenvalue weighted by Gasteiger charge is -2.08. The molecule has 19 heavy (non-hydrogen) atoms. The van der Waals surface area contributed by atoms with Crippen LogP contribution in [0.4, 0.5) is 5.69 Å². The predicted octanol–water partition coefficient (Wildman–Crippen LogP) is 0.359. The Balaban J connectivity index is 2.25. The molecule has 0 bridgehead atoms. The number of benzene rings is 1. The van der Waals surface area contributed by atoms with Crippen LogP contribution in [0.3, 0.4) is 0 Å². The average Bonchev–Trinajstić information content (AvgIpc) is 2.38. The first kappa shape index (κ1) is 15.0. The van der Waals surface area contributed by atoms with Gasteiger partial charge in [0.1, 0.15) is 5.75 Å². The summed E-state index contributed by atoms with van der Waals surface area (Å²) in [4.78, 5) is 22.2. The van der Waals surface area contributed by atoms with Crippen molar-refractivity contribution in [2.45, 2.75) is 6.92 Å². The second kappa shape index (κ2) is 8.10. The van der Waals surface area contributed by atoms with Gasteiger partial charge in [-0.05, 0) is 12.1 Å². The molecule has 0 aliphatic heterocycles. The number of carbonyl (C=O) groups is 2. The lowest BCUT2D eigenvalue weighted by Crippen LogP contribution is -2.34. The number of ether oxygens (including phenoxy) is 1. The third-order valence-corrected chi connectivity index (χ3v) is 2.31. The number of nitrogens with one attached hydrogen (secondary N) is 3. The van der Waals surface area contributed by atoms with E-state index in [2.05, 4.69) is 16.0 Å². The van der Waals surface area contributed by atoms with E-state index in [0.29, 0.717) is 24.5 Å². The molecule has 2 amide bonds. The van der Waals surface area contributed by atoms with Crippen molar-refractivity contribution in [2.75, 3.05) is 32.1 Å². The molecular weight excluding hydrogens is 246 g/mol. The molecule has 0 fully saturated rings. The van der Waals surface area contributed by atoms with Gasteiger partial charge in [0, 0.05) is 31.8 Å². The summed E-state index contributed by atoms with van der Waals surface area (Å²) in [6.07, 6.45) is 0. The van der Waals surface area contributed by atoms with E-state index in [1.165, 1.54) is 6.92 Å². The van der Waals surface area contributed by atoms with Crippen molar-refractivity contribution in [3.05, 3.63) is 24.3 Å². The number of hydrogen-bond acceptors (Lipinski definition) is 4. The maximum atomic E-state index is 11.6. The first-order valence-electron chi connectivity index (χ1n) is 6.01. The largest absolute Gasteiger partial charge is 0.497 e. The van der Waals surface area contributed by atoms with Crippen LogP contribution in [0.15, 0.2) is 24.3 Å². The standard InChI is InChI=1S/C13H19N3O3/c1-10(17)15-7-6-14-9-13(18)16-11-4-3-5-12(8-11)19-2/h3-5,8,14H,6-7,9H2,1-2H3,(H,15,17)(H,16,18). The number of amides is 2. The van der Waals surface area contributed by atoms with Gasteiger partial charge in [-0.15, -0.1) is 0 Å². The number of anilines is 1. The van der Waals surface area contributed by atoms with Gasteiger partial charge in [0.25, 0.3) is 0 Å². The average molecular weight is 265 g/mol. The Morgan fingerprint density at radius 1 is 1.26 bits per heavy atom. The van der Waals surface area contributed by atoms with Gasteiger partial charge in [-0.1, -0.05) is 6.07 Å². The van der Waals surface area contributed by atoms with Crippen LogP contribution in [0.2, 0.25) is 0 Å². The van der Waals surface area contributed by atoms with Gasteiger partial charge in [0.15, 0.2) is 0 Å². The molecule has 0 radical (unpaired) electrons. The lowest BCUT2D eigenvalue weighted by molar-refractivity contribution is -0.118. The third-order valence-electron chi connectivity index (χ3n) is 2.31. The quantitative estimate of drug-likeness (QED) is 0.622. The molecule has 0 atom stereocenters. The van der Waals surface area contributed by atoms with Gasteiger partial charge in [0.05, 0.1) is 13.7 Å². The van der Waals surface area contributed by atoms with Gasteiger partial charge in [-0.2, -0.15) is 0 Å². The summed E-state index contributed by atoms with van der Waals surface area (Å²) < 4.78 is 5.06. The normalized spacial score (nSPS) is 9.79. The molecule has 0 aliphatic rings. The summed E-state index contributed by atoms with van der Waals surface area (Å²) in [7, 11) is 1.57. The van der Waals surface area contributed by atoms with Crippen LogP contribution >= 0.6 is 0 Å². The topological polar surface area (TPSA) is 79.5 Å². The van der Waals surface area contributed by atoms with Gasteiger partial charge < -0.3 is 20.7 Å². The molecule has 3 N–H and O–H groups in total. The summed E-state index contributed by atoms with van der Waals surface area (Å²) in [5, 5.41) is 8.31. The molecule has 6 heteroatoms. The zero-order valence-corrected chi connectivity index (χ0v) is 11.2. The maximum Gasteiger partial charge on any atom is 0.238 e. The van der Waals surface area contributed by atoms with Crippen molar-refractivity contribution in [2.24, 2.45) is 0 Å². The highest BCUT2D eigenvalue weighted by molar-refractivity contribution is 5.92. The van der Waals surface area contributed by atoms with Crippen LogP contribution in [0.5, 0.6) is 5.75 Å². The van der Waals surface area contributed by atoms with Crippen LogP contribution < -0.4 is 20.7 Å². The van der Waals surface area contributed by atoms with Crippen molar-refractivity contribution >= 4 is 17.5 Å². The van der Waals surface area contributed by atoms with E-state index in [1.54, 1.807) is 31.4 Å². The Bertz CT molecular complexity index is 435. The second-order valence-electron chi connectivity index (χ2n) is 3.94. The van der Waals surface area contributed by atoms with E-state index in [0.717, 1.165) is 0 Å². The number of carbonyl (C=O) groups excluding carboxylic acids is 2. The van der Waals surface area contributed by atoms with Crippen molar-refractivity contribution in [1.82, 2.24) is 10.6 Å². The van der Waals surface area contributed by atoms with Crippen LogP contribution in [0.1, 0.15) is 6.92 Å². The summed E-state index contributed by atoms with van der Waals surface area (Å²) >= 11 is 0. The minimum atomic E-state index is -0.143. The molecule has 1 aromatic carbocycles.